The number of hydrogen-bond donors (Lipinski definition) is 2. The molecule has 4 nitrogen and oxygen atoms in total. The Labute approximate surface area is 110 Å². The van der Waals surface area contributed by atoms with Gasteiger partial charge in [-0.25, -0.2) is 0 Å². The van der Waals surface area contributed by atoms with Crippen molar-refractivity contribution in [3.05, 3.63) is 12.3 Å². The Morgan fingerprint density at radius 3 is 2.94 bits per heavy atom. The summed E-state index contributed by atoms with van der Waals surface area (Å²) in [5, 5.41) is 11.6. The highest BCUT2D eigenvalue weighted by molar-refractivity contribution is 5.32. The van der Waals surface area contributed by atoms with Gasteiger partial charge in [-0.3, -0.25) is 4.68 Å². The van der Waals surface area contributed by atoms with E-state index in [0.29, 0.717) is 11.5 Å². The molecule has 1 atom stereocenters. The van der Waals surface area contributed by atoms with E-state index in [9.17, 15) is 0 Å². The second kappa shape index (κ2) is 5.74. The fraction of sp³-hybridized carbons (Fsp3) is 0.786. The molecule has 1 aromatic heterocycles. The van der Waals surface area contributed by atoms with Gasteiger partial charge in [0.05, 0.1) is 0 Å². The molecule has 0 spiro atoms. The zero-order chi connectivity index (χ0) is 13.0. The van der Waals surface area contributed by atoms with Gasteiger partial charge in [0.15, 0.2) is 0 Å². The zero-order valence-corrected chi connectivity index (χ0v) is 11.9. The van der Waals surface area contributed by atoms with Crippen molar-refractivity contribution in [1.29, 1.82) is 0 Å². The highest BCUT2D eigenvalue weighted by atomic mass is 15.3. The van der Waals surface area contributed by atoms with Crippen LogP contribution in [0.2, 0.25) is 0 Å². The molecule has 18 heavy (non-hydrogen) atoms. The lowest BCUT2D eigenvalue weighted by atomic mass is 9.82. The van der Waals surface area contributed by atoms with Crippen LogP contribution in [0.1, 0.15) is 46.1 Å². The molecule has 2 N–H and O–H groups in total. The first-order chi connectivity index (χ1) is 8.65. The van der Waals surface area contributed by atoms with Gasteiger partial charge in [0.1, 0.15) is 5.82 Å². The predicted octanol–water partition coefficient (Wildman–Crippen LogP) is 2.66. The molecule has 1 aliphatic rings. The van der Waals surface area contributed by atoms with E-state index in [4.69, 9.17) is 0 Å². The van der Waals surface area contributed by atoms with Crippen molar-refractivity contribution in [3.63, 3.8) is 0 Å². The molecule has 1 unspecified atom stereocenters. The van der Waals surface area contributed by atoms with E-state index < -0.39 is 0 Å². The van der Waals surface area contributed by atoms with Crippen molar-refractivity contribution >= 4 is 5.82 Å². The molecule has 0 amide bonds. The van der Waals surface area contributed by atoms with Crippen LogP contribution in [0, 0.1) is 5.41 Å². The fourth-order valence-electron chi connectivity index (χ4n) is 2.78. The van der Waals surface area contributed by atoms with Gasteiger partial charge in [0.2, 0.25) is 0 Å². The van der Waals surface area contributed by atoms with Crippen molar-refractivity contribution in [2.45, 2.75) is 46.1 Å². The smallest absolute Gasteiger partial charge is 0.148 e. The van der Waals surface area contributed by atoms with E-state index in [1.807, 2.05) is 10.9 Å². The number of nitrogens with one attached hydrogen (secondary N) is 2. The monoisotopic (exact) mass is 250 g/mol. The van der Waals surface area contributed by atoms with Gasteiger partial charge < -0.3 is 10.6 Å². The molecule has 102 valence electrons. The van der Waals surface area contributed by atoms with Gasteiger partial charge in [0, 0.05) is 36.8 Å². The SMILES string of the molecule is CCCC1(CNc2ccn(C(C)C)n2)CCNC1. The number of hydrogen-bond acceptors (Lipinski definition) is 3. The Morgan fingerprint density at radius 2 is 2.39 bits per heavy atom. The molecule has 0 bridgehead atoms. The largest absolute Gasteiger partial charge is 0.368 e. The van der Waals surface area contributed by atoms with Crippen LogP contribution < -0.4 is 10.6 Å². The first kappa shape index (κ1) is 13.4. The summed E-state index contributed by atoms with van der Waals surface area (Å²) in [4.78, 5) is 0. The van der Waals surface area contributed by atoms with Crippen LogP contribution in [0.3, 0.4) is 0 Å². The standard InChI is InChI=1S/C14H26N4/c1-4-6-14(7-8-15-10-14)11-16-13-5-9-18(17-13)12(2)3/h5,9,12,15H,4,6-8,10-11H2,1-3H3,(H,16,17). The molecular weight excluding hydrogens is 224 g/mol. The fourth-order valence-corrected chi connectivity index (χ4v) is 2.78. The van der Waals surface area contributed by atoms with Gasteiger partial charge in [-0.2, -0.15) is 5.10 Å². The molecule has 1 aromatic rings. The number of nitrogens with zero attached hydrogens (tertiary/aromatic N) is 2. The number of aromatic nitrogens is 2. The van der Waals surface area contributed by atoms with Crippen molar-refractivity contribution < 1.29 is 0 Å². The highest BCUT2D eigenvalue weighted by Gasteiger charge is 2.32. The average Bonchev–Trinajstić information content (AvgIpc) is 2.96. The van der Waals surface area contributed by atoms with Crippen molar-refractivity contribution in [2.24, 2.45) is 5.41 Å². The average molecular weight is 250 g/mol. The third-order valence-corrected chi connectivity index (χ3v) is 3.89. The minimum Gasteiger partial charge on any atom is -0.368 e. The third kappa shape index (κ3) is 3.05. The Kier molecular flexibility index (Phi) is 4.27. The summed E-state index contributed by atoms with van der Waals surface area (Å²) in [5.41, 5.74) is 0.427. The van der Waals surface area contributed by atoms with E-state index in [2.05, 4.69) is 42.6 Å². The Balaban J connectivity index is 1.92. The molecular formula is C14H26N4. The lowest BCUT2D eigenvalue weighted by molar-refractivity contribution is 0.314. The van der Waals surface area contributed by atoms with Crippen LogP contribution in [-0.2, 0) is 0 Å². The van der Waals surface area contributed by atoms with Crippen LogP contribution in [-0.4, -0.2) is 29.4 Å². The molecule has 4 heteroatoms. The molecule has 0 saturated carbocycles. The molecule has 1 fully saturated rings. The summed E-state index contributed by atoms with van der Waals surface area (Å²) in [6, 6.07) is 2.50. The van der Waals surface area contributed by atoms with Crippen LogP contribution in [0.5, 0.6) is 0 Å². The summed E-state index contributed by atoms with van der Waals surface area (Å²) in [5.74, 6) is 1.01. The maximum atomic E-state index is 4.55. The van der Waals surface area contributed by atoms with E-state index in [1.165, 1.54) is 19.3 Å². The van der Waals surface area contributed by atoms with Crippen LogP contribution >= 0.6 is 0 Å². The summed E-state index contributed by atoms with van der Waals surface area (Å²) >= 11 is 0. The maximum Gasteiger partial charge on any atom is 0.148 e. The molecule has 0 aromatic carbocycles. The Bertz CT molecular complexity index is 364. The lowest BCUT2D eigenvalue weighted by Crippen LogP contribution is -2.32. The van der Waals surface area contributed by atoms with Gasteiger partial charge in [-0.15, -0.1) is 0 Å². The van der Waals surface area contributed by atoms with Crippen molar-refractivity contribution in [1.82, 2.24) is 15.1 Å². The number of rotatable bonds is 6. The molecule has 0 radical (unpaired) electrons. The van der Waals surface area contributed by atoms with Crippen molar-refractivity contribution in [2.75, 3.05) is 25.0 Å². The summed E-state index contributed by atoms with van der Waals surface area (Å²) in [6.45, 7) is 9.89. The second-order valence-electron chi connectivity index (χ2n) is 5.81. The minimum atomic E-state index is 0.427. The first-order valence-electron chi connectivity index (χ1n) is 7.15. The van der Waals surface area contributed by atoms with E-state index in [0.717, 1.165) is 25.5 Å². The zero-order valence-electron chi connectivity index (χ0n) is 11.9. The van der Waals surface area contributed by atoms with E-state index in [1.54, 1.807) is 0 Å². The quantitative estimate of drug-likeness (QED) is 0.815. The predicted molar refractivity (Wildman–Crippen MR) is 75.9 cm³/mol. The maximum absolute atomic E-state index is 4.55. The van der Waals surface area contributed by atoms with Gasteiger partial charge in [-0.05, 0) is 33.2 Å². The topological polar surface area (TPSA) is 41.9 Å². The van der Waals surface area contributed by atoms with Gasteiger partial charge >= 0.3 is 0 Å². The van der Waals surface area contributed by atoms with Gasteiger partial charge in [0.25, 0.3) is 0 Å². The normalized spacial score (nSPS) is 23.8. The summed E-state index contributed by atoms with van der Waals surface area (Å²) in [6.07, 6.45) is 5.87. The van der Waals surface area contributed by atoms with Gasteiger partial charge in [-0.1, -0.05) is 13.3 Å². The van der Waals surface area contributed by atoms with E-state index >= 15 is 0 Å². The molecule has 1 aliphatic heterocycles. The lowest BCUT2D eigenvalue weighted by Gasteiger charge is -2.28. The van der Waals surface area contributed by atoms with Crippen LogP contribution in [0.4, 0.5) is 5.82 Å². The van der Waals surface area contributed by atoms with E-state index in [-0.39, 0.29) is 0 Å². The molecule has 1 saturated heterocycles. The minimum absolute atomic E-state index is 0.427. The highest BCUT2D eigenvalue weighted by Crippen LogP contribution is 2.31. The Morgan fingerprint density at radius 1 is 1.56 bits per heavy atom. The molecule has 2 heterocycles. The molecule has 0 aliphatic carbocycles. The summed E-state index contributed by atoms with van der Waals surface area (Å²) in [7, 11) is 0. The number of anilines is 1. The molecule has 2 rings (SSSR count). The first-order valence-corrected chi connectivity index (χ1v) is 7.15. The summed E-state index contributed by atoms with van der Waals surface area (Å²) < 4.78 is 2.00. The second-order valence-corrected chi connectivity index (χ2v) is 5.81. The van der Waals surface area contributed by atoms with Crippen LogP contribution in [0.15, 0.2) is 12.3 Å². The third-order valence-electron chi connectivity index (χ3n) is 3.89. The van der Waals surface area contributed by atoms with Crippen LogP contribution in [0.25, 0.3) is 0 Å². The Hall–Kier alpha value is -1.03. The van der Waals surface area contributed by atoms with Crippen molar-refractivity contribution in [3.8, 4) is 0 Å².